The quantitative estimate of drug-likeness (QED) is 0.689. The van der Waals surface area contributed by atoms with Gasteiger partial charge in [0, 0.05) is 0 Å². The van der Waals surface area contributed by atoms with Gasteiger partial charge in [-0.2, -0.15) is 0 Å². The molecule has 1 heteroatoms. The van der Waals surface area contributed by atoms with Crippen LogP contribution in [0.25, 0.3) is 0 Å². The molecule has 0 aliphatic carbocycles. The molecule has 0 spiro atoms. The van der Waals surface area contributed by atoms with Gasteiger partial charge in [0.25, 0.3) is 0 Å². The van der Waals surface area contributed by atoms with E-state index in [-0.39, 0.29) is 6.10 Å². The Morgan fingerprint density at radius 1 is 1.31 bits per heavy atom. The average molecular weight is 178 g/mol. The molecular formula is C12H18O. The van der Waals surface area contributed by atoms with Gasteiger partial charge in [-0.25, -0.2) is 0 Å². The highest BCUT2D eigenvalue weighted by molar-refractivity contribution is 5.40. The molecule has 1 rings (SSSR count). The molecule has 0 bridgehead atoms. The lowest BCUT2D eigenvalue weighted by Crippen LogP contribution is -2.08. The third-order valence-electron chi connectivity index (χ3n) is 2.03. The van der Waals surface area contributed by atoms with Gasteiger partial charge in [-0.05, 0) is 38.3 Å². The molecule has 0 heterocycles. The van der Waals surface area contributed by atoms with E-state index in [2.05, 4.69) is 45.9 Å². The summed E-state index contributed by atoms with van der Waals surface area (Å²) in [6.45, 7) is 8.37. The Bertz CT molecular complexity index is 276. The maximum Gasteiger partial charge on any atom is 0.125 e. The van der Waals surface area contributed by atoms with Gasteiger partial charge in [0.15, 0.2) is 0 Å². The van der Waals surface area contributed by atoms with Gasteiger partial charge in [0.05, 0.1) is 6.10 Å². The minimum atomic E-state index is 0.256. The molecule has 0 N–H and O–H groups in total. The van der Waals surface area contributed by atoms with Crippen molar-refractivity contribution in [1.29, 1.82) is 0 Å². The molecule has 0 aromatic heterocycles. The highest BCUT2D eigenvalue weighted by atomic mass is 16.5. The smallest absolute Gasteiger partial charge is 0.125 e. The normalized spacial score (nSPS) is 10.5. The molecule has 0 aliphatic heterocycles. The van der Waals surface area contributed by atoms with Crippen molar-refractivity contribution >= 4 is 0 Å². The van der Waals surface area contributed by atoms with Gasteiger partial charge >= 0.3 is 0 Å². The lowest BCUT2D eigenvalue weighted by atomic mass is 10.1. The molecule has 0 fully saturated rings. The van der Waals surface area contributed by atoms with Gasteiger partial charge in [-0.3, -0.25) is 0 Å². The molecule has 1 nitrogen and oxygen atoms in total. The van der Waals surface area contributed by atoms with Crippen LogP contribution in [0.3, 0.4) is 0 Å². The fourth-order valence-corrected chi connectivity index (χ4v) is 1.40. The molecular weight excluding hydrogens is 160 g/mol. The zero-order chi connectivity index (χ0) is 9.84. The van der Waals surface area contributed by atoms with Crippen LogP contribution in [0.2, 0.25) is 0 Å². The second kappa shape index (κ2) is 4.31. The van der Waals surface area contributed by atoms with Crippen molar-refractivity contribution in [2.75, 3.05) is 0 Å². The number of para-hydroxylation sites is 1. The largest absolute Gasteiger partial charge is 0.490 e. The van der Waals surface area contributed by atoms with Gasteiger partial charge in [-0.15, -0.1) is 0 Å². The van der Waals surface area contributed by atoms with Crippen molar-refractivity contribution in [3.63, 3.8) is 0 Å². The van der Waals surface area contributed by atoms with E-state index in [0.29, 0.717) is 0 Å². The summed E-state index contributed by atoms with van der Waals surface area (Å²) in [5, 5.41) is 0. The van der Waals surface area contributed by atoms with E-state index in [0.717, 1.165) is 12.2 Å². The zero-order valence-electron chi connectivity index (χ0n) is 8.92. The minimum absolute atomic E-state index is 0.256. The highest BCUT2D eigenvalue weighted by Gasteiger charge is 2.06. The Balaban J connectivity index is 3.00. The monoisotopic (exact) mass is 178 g/mol. The predicted molar refractivity (Wildman–Crippen MR) is 56.3 cm³/mol. The molecule has 1 aromatic rings. The fraction of sp³-hybridized carbons (Fsp3) is 0.500. The Kier molecular flexibility index (Phi) is 3.35. The summed E-state index contributed by atoms with van der Waals surface area (Å²) in [4.78, 5) is 0. The summed E-state index contributed by atoms with van der Waals surface area (Å²) in [5.74, 6) is 1.07. The van der Waals surface area contributed by atoms with E-state index in [4.69, 9.17) is 4.74 Å². The molecule has 13 heavy (non-hydrogen) atoms. The topological polar surface area (TPSA) is 9.23 Å². The highest BCUT2D eigenvalue weighted by Crippen LogP contribution is 2.24. The first-order valence-corrected chi connectivity index (χ1v) is 4.90. The third-order valence-corrected chi connectivity index (χ3v) is 2.03. The van der Waals surface area contributed by atoms with Crippen LogP contribution >= 0.6 is 0 Å². The molecule has 72 valence electrons. The number of benzene rings is 1. The van der Waals surface area contributed by atoms with Crippen molar-refractivity contribution in [2.24, 2.45) is 0 Å². The van der Waals surface area contributed by atoms with Crippen molar-refractivity contribution < 1.29 is 4.74 Å². The van der Waals surface area contributed by atoms with E-state index in [1.807, 2.05) is 0 Å². The van der Waals surface area contributed by atoms with Gasteiger partial charge in [0.2, 0.25) is 0 Å². The van der Waals surface area contributed by atoms with Crippen LogP contribution in [-0.4, -0.2) is 6.10 Å². The maximum atomic E-state index is 5.77. The van der Waals surface area contributed by atoms with Crippen LogP contribution in [0.15, 0.2) is 18.2 Å². The summed E-state index contributed by atoms with van der Waals surface area (Å²) in [6, 6.07) is 6.31. The molecule has 0 saturated heterocycles. The first-order valence-electron chi connectivity index (χ1n) is 4.90. The van der Waals surface area contributed by atoms with Crippen molar-refractivity contribution in [2.45, 2.75) is 40.2 Å². The van der Waals surface area contributed by atoms with Gasteiger partial charge in [0.1, 0.15) is 5.75 Å². The predicted octanol–water partition coefficient (Wildman–Crippen LogP) is 3.34. The molecule has 0 unspecified atom stereocenters. The molecule has 1 aromatic carbocycles. The van der Waals surface area contributed by atoms with Crippen molar-refractivity contribution in [3.05, 3.63) is 29.3 Å². The molecule has 0 atom stereocenters. The first kappa shape index (κ1) is 10.1. The molecule has 0 radical (unpaired) electrons. The molecule has 0 amide bonds. The Morgan fingerprint density at radius 3 is 2.54 bits per heavy atom. The van der Waals surface area contributed by atoms with Crippen LogP contribution in [0.4, 0.5) is 0 Å². The van der Waals surface area contributed by atoms with Crippen LogP contribution in [0.1, 0.15) is 31.9 Å². The number of rotatable bonds is 3. The Labute approximate surface area is 80.7 Å². The van der Waals surface area contributed by atoms with Gasteiger partial charge in [-0.1, -0.05) is 25.1 Å². The summed E-state index contributed by atoms with van der Waals surface area (Å²) in [6.07, 6.45) is 1.29. The Morgan fingerprint density at radius 2 is 2.00 bits per heavy atom. The van der Waals surface area contributed by atoms with Crippen LogP contribution in [0.5, 0.6) is 5.75 Å². The fourth-order valence-electron chi connectivity index (χ4n) is 1.40. The number of aryl methyl sites for hydroxylation is 2. The zero-order valence-corrected chi connectivity index (χ0v) is 8.92. The number of ether oxygens (including phenoxy) is 1. The minimum Gasteiger partial charge on any atom is -0.490 e. The van der Waals surface area contributed by atoms with Gasteiger partial charge < -0.3 is 4.74 Å². The third kappa shape index (κ3) is 2.48. The van der Waals surface area contributed by atoms with E-state index >= 15 is 0 Å². The summed E-state index contributed by atoms with van der Waals surface area (Å²) < 4.78 is 5.77. The maximum absolute atomic E-state index is 5.77. The van der Waals surface area contributed by atoms with Crippen molar-refractivity contribution in [3.8, 4) is 5.75 Å². The first-order chi connectivity index (χ1) is 6.15. The van der Waals surface area contributed by atoms with Crippen molar-refractivity contribution in [1.82, 2.24) is 0 Å². The second-order valence-corrected chi connectivity index (χ2v) is 3.58. The van der Waals surface area contributed by atoms with Crippen LogP contribution < -0.4 is 4.74 Å². The second-order valence-electron chi connectivity index (χ2n) is 3.58. The van der Waals surface area contributed by atoms with Crippen LogP contribution in [0, 0.1) is 6.92 Å². The van der Waals surface area contributed by atoms with E-state index < -0.39 is 0 Å². The lowest BCUT2D eigenvalue weighted by Gasteiger charge is -2.15. The number of hydrogen-bond donors (Lipinski definition) is 0. The van der Waals surface area contributed by atoms with E-state index in [1.54, 1.807) is 0 Å². The summed E-state index contributed by atoms with van der Waals surface area (Å²) in [5.41, 5.74) is 2.53. The molecule has 0 saturated carbocycles. The summed E-state index contributed by atoms with van der Waals surface area (Å²) in [7, 11) is 0. The SMILES string of the molecule is CCc1cccc(C)c1OC(C)C. The lowest BCUT2D eigenvalue weighted by molar-refractivity contribution is 0.238. The molecule has 0 aliphatic rings. The van der Waals surface area contributed by atoms with E-state index in [9.17, 15) is 0 Å². The average Bonchev–Trinajstić information content (AvgIpc) is 2.08. The van der Waals surface area contributed by atoms with Crippen LogP contribution in [-0.2, 0) is 6.42 Å². The van der Waals surface area contributed by atoms with E-state index in [1.165, 1.54) is 11.1 Å². The number of hydrogen-bond acceptors (Lipinski definition) is 1. The summed E-state index contributed by atoms with van der Waals surface area (Å²) >= 11 is 0. The standard InChI is InChI=1S/C12H18O/c1-5-11-8-6-7-10(4)12(11)13-9(2)3/h6-9H,5H2,1-4H3. The Hall–Kier alpha value is -0.980.